The summed E-state index contributed by atoms with van der Waals surface area (Å²) < 4.78 is 70.2. The lowest BCUT2D eigenvalue weighted by Crippen LogP contribution is -2.40. The van der Waals surface area contributed by atoms with Crippen molar-refractivity contribution in [2.45, 2.75) is 50.9 Å². The molecule has 0 unspecified atom stereocenters. The van der Waals surface area contributed by atoms with Crippen molar-refractivity contribution >= 4 is 57.8 Å². The van der Waals surface area contributed by atoms with Gasteiger partial charge in [0.2, 0.25) is 11.8 Å². The minimum atomic E-state index is -4.31. The van der Waals surface area contributed by atoms with Gasteiger partial charge < -0.3 is 25.7 Å². The predicted octanol–water partition coefficient (Wildman–Crippen LogP) is 6.16. The van der Waals surface area contributed by atoms with E-state index in [9.17, 15) is 31.5 Å². The van der Waals surface area contributed by atoms with Gasteiger partial charge in [-0.1, -0.05) is 29.3 Å². The number of ether oxygens (including phenoxy) is 1. The van der Waals surface area contributed by atoms with Crippen LogP contribution in [0.3, 0.4) is 0 Å². The number of fused-ring (bicyclic) bond motifs is 1. The zero-order valence-corrected chi connectivity index (χ0v) is 24.6. The Balaban J connectivity index is 1.35. The van der Waals surface area contributed by atoms with E-state index in [2.05, 4.69) is 41.1 Å². The topological polar surface area (TPSA) is 150 Å². The lowest BCUT2D eigenvalue weighted by atomic mass is 9.85. The normalized spacial score (nSPS) is 17.0. The van der Waals surface area contributed by atoms with Crippen LogP contribution < -0.4 is 20.7 Å². The smallest absolute Gasteiger partial charge is 0.391 e. The molecule has 5 rings (SSSR count). The first-order valence-corrected chi connectivity index (χ1v) is 14.4. The average molecular weight is 675 g/mol. The molecule has 1 saturated carbocycles. The van der Waals surface area contributed by atoms with Crippen LogP contribution in [0.25, 0.3) is 11.2 Å². The number of pyridine rings is 1. The highest BCUT2D eigenvalue weighted by molar-refractivity contribution is 6.39. The number of rotatable bonds is 10. The number of carbonyl (C=O) groups is 2. The second kappa shape index (κ2) is 13.4. The summed E-state index contributed by atoms with van der Waals surface area (Å²) in [5.41, 5.74) is 0.924. The molecule has 0 radical (unpaired) electrons. The van der Waals surface area contributed by atoms with Gasteiger partial charge in [-0.2, -0.15) is 28.2 Å². The first-order valence-electron chi connectivity index (χ1n) is 13.6. The molecular weight excluding hydrogens is 650 g/mol. The Bertz CT molecular complexity index is 1680. The number of imidazole rings is 1. The zero-order valence-electron chi connectivity index (χ0n) is 23.1. The number of halogens is 7. The average Bonchev–Trinajstić information content (AvgIpc) is 3.67. The number of anilines is 2. The second-order valence-electron chi connectivity index (χ2n) is 10.2. The van der Waals surface area contributed by atoms with Crippen LogP contribution in [0, 0.1) is 5.92 Å². The number of hydrogen-bond donors (Lipinski definition) is 5. The third kappa shape index (κ3) is 7.73. The molecule has 1 fully saturated rings. The first kappa shape index (κ1) is 32.2. The van der Waals surface area contributed by atoms with Gasteiger partial charge >= 0.3 is 6.18 Å². The molecule has 18 heteroatoms. The summed E-state index contributed by atoms with van der Waals surface area (Å²) in [5.74, 6) is -2.97. The minimum absolute atomic E-state index is 0.00123. The maximum absolute atomic E-state index is 13.1. The molecule has 1 aliphatic rings. The molecule has 0 spiro atoms. The highest BCUT2D eigenvalue weighted by Crippen LogP contribution is 2.38. The Hall–Kier alpha value is -4.18. The summed E-state index contributed by atoms with van der Waals surface area (Å²) in [5, 5.41) is 15.0. The molecule has 1 aliphatic carbocycles. The molecule has 5 N–H and O–H groups in total. The number of alkyl halides is 5. The Kier molecular flexibility index (Phi) is 9.62. The zero-order chi connectivity index (χ0) is 32.3. The Morgan fingerprint density at radius 3 is 2.49 bits per heavy atom. The first-order chi connectivity index (χ1) is 21.4. The van der Waals surface area contributed by atoms with E-state index in [0.29, 0.717) is 5.56 Å². The molecule has 1 aromatic carbocycles. The fraction of sp³-hybridized carbons (Fsp3) is 0.370. The number of hydrogen-bond acceptors (Lipinski definition) is 7. The molecule has 3 aromatic heterocycles. The number of nitrogens with zero attached hydrogens (tertiary/aromatic N) is 3. The summed E-state index contributed by atoms with van der Waals surface area (Å²) in [4.78, 5) is 36.7. The van der Waals surface area contributed by atoms with E-state index in [0.717, 1.165) is 0 Å². The summed E-state index contributed by atoms with van der Waals surface area (Å²) in [6.07, 6.45) is -5.75. The molecule has 0 bridgehead atoms. The SMILES string of the molecule is O=C(NCc1ccc(Cl)c(Nc2nc3nc(OCC(F)F)c(C(=O)N[C@H]4CC[C@H](C(F)(F)F)CC4)cc3[nH]2)c1Cl)c1cc[nH]n1. The number of nitrogens with one attached hydrogen (secondary N) is 5. The standard InChI is InChI=1S/C27H25Cl2F5N8O3/c28-16-6-1-12(10-35-24(44)17-7-8-36-42-17)20(29)21(16)39-26-38-18-9-15(25(40-22(18)41-26)45-11-19(30)31)23(43)37-14-4-2-13(3-5-14)27(32,33)34/h1,6-9,13-14,19H,2-5,10-11H2,(H,35,44)(H,36,42)(H,37,43)(H2,38,39,40,41)/t13-,14-. The summed E-state index contributed by atoms with van der Waals surface area (Å²) in [6, 6.07) is 5.42. The van der Waals surface area contributed by atoms with Gasteiger partial charge in [0.1, 0.15) is 11.3 Å². The monoisotopic (exact) mass is 674 g/mol. The van der Waals surface area contributed by atoms with Crippen LogP contribution in [0.15, 0.2) is 30.5 Å². The van der Waals surface area contributed by atoms with E-state index in [4.69, 9.17) is 27.9 Å². The Morgan fingerprint density at radius 2 is 1.82 bits per heavy atom. The highest BCUT2D eigenvalue weighted by Gasteiger charge is 2.41. The van der Waals surface area contributed by atoms with Crippen molar-refractivity contribution in [3.63, 3.8) is 0 Å². The molecule has 4 aromatic rings. The summed E-state index contributed by atoms with van der Waals surface area (Å²) >= 11 is 12.9. The van der Waals surface area contributed by atoms with Crippen LogP contribution >= 0.6 is 23.2 Å². The van der Waals surface area contributed by atoms with E-state index in [1.165, 1.54) is 18.3 Å². The third-order valence-corrected chi connectivity index (χ3v) is 7.89. The highest BCUT2D eigenvalue weighted by atomic mass is 35.5. The lowest BCUT2D eigenvalue weighted by molar-refractivity contribution is -0.182. The van der Waals surface area contributed by atoms with Gasteiger partial charge in [0.05, 0.1) is 27.2 Å². The minimum Gasteiger partial charge on any atom is -0.471 e. The molecule has 240 valence electrons. The number of aromatic amines is 2. The molecule has 3 heterocycles. The van der Waals surface area contributed by atoms with E-state index < -0.39 is 48.9 Å². The Labute approximate surface area is 261 Å². The van der Waals surface area contributed by atoms with Crippen LogP contribution in [0.5, 0.6) is 5.88 Å². The van der Waals surface area contributed by atoms with Crippen molar-refractivity contribution in [2.24, 2.45) is 5.92 Å². The summed E-state index contributed by atoms with van der Waals surface area (Å²) in [6.45, 7) is -1.01. The Morgan fingerprint density at radius 1 is 1.07 bits per heavy atom. The fourth-order valence-electron chi connectivity index (χ4n) is 4.85. The van der Waals surface area contributed by atoms with E-state index in [1.807, 2.05) is 0 Å². The van der Waals surface area contributed by atoms with Crippen molar-refractivity contribution in [2.75, 3.05) is 11.9 Å². The maximum atomic E-state index is 13.1. The number of amides is 2. The number of aromatic nitrogens is 5. The molecule has 2 amide bonds. The summed E-state index contributed by atoms with van der Waals surface area (Å²) in [7, 11) is 0. The van der Waals surface area contributed by atoms with Crippen LogP contribution in [0.1, 0.15) is 52.1 Å². The van der Waals surface area contributed by atoms with E-state index in [-0.39, 0.29) is 76.3 Å². The van der Waals surface area contributed by atoms with Gasteiger partial charge in [-0.25, -0.2) is 8.78 Å². The van der Waals surface area contributed by atoms with Crippen molar-refractivity contribution in [1.29, 1.82) is 0 Å². The van der Waals surface area contributed by atoms with Crippen LogP contribution in [-0.4, -0.2) is 62.2 Å². The maximum Gasteiger partial charge on any atom is 0.391 e. The van der Waals surface area contributed by atoms with Gasteiger partial charge in [-0.15, -0.1) is 0 Å². The van der Waals surface area contributed by atoms with Crippen molar-refractivity contribution < 1.29 is 36.3 Å². The van der Waals surface area contributed by atoms with Crippen LogP contribution in [0.4, 0.5) is 33.6 Å². The van der Waals surface area contributed by atoms with Crippen LogP contribution in [-0.2, 0) is 6.54 Å². The largest absolute Gasteiger partial charge is 0.471 e. The van der Waals surface area contributed by atoms with E-state index >= 15 is 0 Å². The van der Waals surface area contributed by atoms with Crippen molar-refractivity contribution in [3.8, 4) is 5.88 Å². The number of benzene rings is 1. The number of H-pyrrole nitrogens is 2. The third-order valence-electron chi connectivity index (χ3n) is 7.14. The molecule has 11 nitrogen and oxygen atoms in total. The molecular formula is C27H25Cl2F5N8O3. The second-order valence-corrected chi connectivity index (χ2v) is 11.0. The van der Waals surface area contributed by atoms with Crippen molar-refractivity contribution in [3.05, 3.63) is 57.3 Å². The van der Waals surface area contributed by atoms with Crippen molar-refractivity contribution in [1.82, 2.24) is 35.8 Å². The van der Waals surface area contributed by atoms with E-state index in [1.54, 1.807) is 12.1 Å². The van der Waals surface area contributed by atoms with Gasteiger partial charge in [0.25, 0.3) is 18.2 Å². The lowest BCUT2D eigenvalue weighted by Gasteiger charge is -2.30. The molecule has 0 atom stereocenters. The fourth-order valence-corrected chi connectivity index (χ4v) is 5.38. The molecule has 0 aliphatic heterocycles. The molecule has 45 heavy (non-hydrogen) atoms. The van der Waals surface area contributed by atoms with Gasteiger partial charge in [0, 0.05) is 18.8 Å². The quantitative estimate of drug-likeness (QED) is 0.127. The van der Waals surface area contributed by atoms with Gasteiger partial charge in [-0.05, 0) is 49.4 Å². The molecule has 0 saturated heterocycles. The van der Waals surface area contributed by atoms with Gasteiger partial charge in [0.15, 0.2) is 12.3 Å². The predicted molar refractivity (Wildman–Crippen MR) is 154 cm³/mol. The van der Waals surface area contributed by atoms with Gasteiger partial charge in [-0.3, -0.25) is 14.7 Å². The number of carbonyl (C=O) groups excluding carboxylic acids is 2. The van der Waals surface area contributed by atoms with Crippen LogP contribution in [0.2, 0.25) is 10.0 Å².